The first-order valence-electron chi connectivity index (χ1n) is 10.1. The lowest BCUT2D eigenvalue weighted by atomic mass is 10.1. The number of nitrogens with zero attached hydrogens (tertiary/aromatic N) is 2. The highest BCUT2D eigenvalue weighted by Gasteiger charge is 2.34. The first-order valence-corrected chi connectivity index (χ1v) is 11.2. The molecule has 162 valence electrons. The minimum absolute atomic E-state index is 0.0660. The molecule has 0 aromatic heterocycles. The third-order valence-electron chi connectivity index (χ3n) is 5.24. The Morgan fingerprint density at radius 1 is 1.12 bits per heavy atom. The van der Waals surface area contributed by atoms with Crippen LogP contribution in [-0.2, 0) is 11.2 Å². The fraction of sp³-hybridized carbons (Fsp3) is 0.167. The molecule has 8 heteroatoms. The molecule has 0 saturated carbocycles. The standard InChI is InChI=1S/C24H21N3O4S/c1-2-16-5-3-7-20(13-16)26-22(28)15-32-24(26)17-9-11-19(12-10-17)25-23(29)18-6-4-8-21(14-18)27(30)31/h3-14,24H,2,15H2,1H3,(H,25,29). The molecule has 1 fully saturated rings. The van der Waals surface area contributed by atoms with Gasteiger partial charge in [-0.15, -0.1) is 11.8 Å². The Bertz CT molecular complexity index is 1180. The first kappa shape index (κ1) is 21.6. The predicted molar refractivity (Wildman–Crippen MR) is 126 cm³/mol. The lowest BCUT2D eigenvalue weighted by Crippen LogP contribution is -2.27. The summed E-state index contributed by atoms with van der Waals surface area (Å²) in [5.41, 5.74) is 3.65. The molecule has 0 bridgehead atoms. The van der Waals surface area contributed by atoms with Gasteiger partial charge < -0.3 is 5.32 Å². The van der Waals surface area contributed by atoms with Crippen LogP contribution in [0.2, 0.25) is 0 Å². The van der Waals surface area contributed by atoms with Crippen molar-refractivity contribution < 1.29 is 14.5 Å². The summed E-state index contributed by atoms with van der Waals surface area (Å²) in [6.07, 6.45) is 0.895. The number of aryl methyl sites for hydroxylation is 1. The van der Waals surface area contributed by atoms with Crippen LogP contribution in [-0.4, -0.2) is 22.5 Å². The van der Waals surface area contributed by atoms with E-state index in [0.29, 0.717) is 11.4 Å². The zero-order valence-electron chi connectivity index (χ0n) is 17.4. The number of hydrogen-bond donors (Lipinski definition) is 1. The molecule has 4 rings (SSSR count). The van der Waals surface area contributed by atoms with Gasteiger partial charge in [0.25, 0.3) is 11.6 Å². The number of nitro benzene ring substituents is 1. The average Bonchev–Trinajstić information content (AvgIpc) is 3.21. The molecule has 1 aliphatic rings. The van der Waals surface area contributed by atoms with Crippen molar-refractivity contribution in [3.63, 3.8) is 0 Å². The molecule has 3 aromatic carbocycles. The SMILES string of the molecule is CCc1cccc(N2C(=O)CSC2c2ccc(NC(=O)c3cccc([N+](=O)[O-])c3)cc2)c1. The van der Waals surface area contributed by atoms with Gasteiger partial charge in [0.1, 0.15) is 5.37 Å². The van der Waals surface area contributed by atoms with Crippen LogP contribution in [0.1, 0.15) is 33.8 Å². The second-order valence-electron chi connectivity index (χ2n) is 7.33. The second-order valence-corrected chi connectivity index (χ2v) is 8.40. The molecule has 1 saturated heterocycles. The van der Waals surface area contributed by atoms with E-state index in [1.807, 2.05) is 41.3 Å². The maximum absolute atomic E-state index is 12.6. The molecule has 0 radical (unpaired) electrons. The number of non-ortho nitro benzene ring substituents is 1. The number of nitrogens with one attached hydrogen (secondary N) is 1. The average molecular weight is 448 g/mol. The van der Waals surface area contributed by atoms with Crippen molar-refractivity contribution in [2.45, 2.75) is 18.7 Å². The first-order chi connectivity index (χ1) is 15.5. The summed E-state index contributed by atoms with van der Waals surface area (Å²) >= 11 is 1.57. The maximum atomic E-state index is 12.6. The van der Waals surface area contributed by atoms with Gasteiger partial charge in [0.2, 0.25) is 5.91 Å². The number of benzene rings is 3. The van der Waals surface area contributed by atoms with Crippen molar-refractivity contribution in [2.24, 2.45) is 0 Å². The van der Waals surface area contributed by atoms with E-state index in [1.54, 1.807) is 23.9 Å². The van der Waals surface area contributed by atoms with Gasteiger partial charge in [-0.1, -0.05) is 37.3 Å². The lowest BCUT2D eigenvalue weighted by molar-refractivity contribution is -0.384. The molecular formula is C24H21N3O4S. The summed E-state index contributed by atoms with van der Waals surface area (Å²) in [5.74, 6) is 0.0490. The Morgan fingerprint density at radius 3 is 2.59 bits per heavy atom. The van der Waals surface area contributed by atoms with Gasteiger partial charge >= 0.3 is 0 Å². The second kappa shape index (κ2) is 9.23. The van der Waals surface area contributed by atoms with Crippen LogP contribution in [0, 0.1) is 10.1 Å². The Balaban J connectivity index is 1.51. The lowest BCUT2D eigenvalue weighted by Gasteiger charge is -2.25. The van der Waals surface area contributed by atoms with Crippen LogP contribution in [0.25, 0.3) is 0 Å². The van der Waals surface area contributed by atoms with E-state index in [-0.39, 0.29) is 22.5 Å². The summed E-state index contributed by atoms with van der Waals surface area (Å²) in [6, 6.07) is 20.9. The largest absolute Gasteiger partial charge is 0.322 e. The van der Waals surface area contributed by atoms with Gasteiger partial charge in [-0.05, 0) is 47.9 Å². The molecule has 2 amide bonds. The molecule has 1 atom stereocenters. The third kappa shape index (κ3) is 4.50. The zero-order valence-corrected chi connectivity index (χ0v) is 18.2. The molecular weight excluding hydrogens is 426 g/mol. The summed E-state index contributed by atoms with van der Waals surface area (Å²) in [7, 11) is 0. The van der Waals surface area contributed by atoms with E-state index >= 15 is 0 Å². The van der Waals surface area contributed by atoms with Gasteiger partial charge in [-0.3, -0.25) is 24.6 Å². The van der Waals surface area contributed by atoms with Gasteiger partial charge in [0.15, 0.2) is 0 Å². The quantitative estimate of drug-likeness (QED) is 0.415. The highest BCUT2D eigenvalue weighted by atomic mass is 32.2. The fourth-order valence-corrected chi connectivity index (χ4v) is 4.75. The summed E-state index contributed by atoms with van der Waals surface area (Å²) in [5, 5.41) is 13.5. The van der Waals surface area contributed by atoms with Gasteiger partial charge in [-0.25, -0.2) is 0 Å². The van der Waals surface area contributed by atoms with Crippen LogP contribution < -0.4 is 10.2 Å². The smallest absolute Gasteiger partial charge is 0.270 e. The van der Waals surface area contributed by atoms with Crippen LogP contribution in [0.5, 0.6) is 0 Å². The molecule has 1 heterocycles. The normalized spacial score (nSPS) is 15.6. The van der Waals surface area contributed by atoms with E-state index < -0.39 is 10.8 Å². The van der Waals surface area contributed by atoms with Crippen molar-refractivity contribution in [1.82, 2.24) is 0 Å². The number of thioether (sulfide) groups is 1. The van der Waals surface area contributed by atoms with Crippen LogP contribution >= 0.6 is 11.8 Å². The number of rotatable bonds is 6. The summed E-state index contributed by atoms with van der Waals surface area (Å²) < 4.78 is 0. The fourth-order valence-electron chi connectivity index (χ4n) is 3.57. The Labute approximate surface area is 189 Å². The van der Waals surface area contributed by atoms with Crippen molar-refractivity contribution >= 4 is 40.6 Å². The third-order valence-corrected chi connectivity index (χ3v) is 6.45. The number of nitro groups is 1. The summed E-state index contributed by atoms with van der Waals surface area (Å²) in [6.45, 7) is 2.08. The molecule has 32 heavy (non-hydrogen) atoms. The maximum Gasteiger partial charge on any atom is 0.270 e. The van der Waals surface area contributed by atoms with Gasteiger partial charge in [0.05, 0.1) is 10.7 Å². The van der Waals surface area contributed by atoms with E-state index in [4.69, 9.17) is 0 Å². The van der Waals surface area contributed by atoms with E-state index in [9.17, 15) is 19.7 Å². The molecule has 0 aliphatic carbocycles. The minimum atomic E-state index is -0.534. The Morgan fingerprint density at radius 2 is 1.88 bits per heavy atom. The van der Waals surface area contributed by atoms with E-state index in [1.165, 1.54) is 29.8 Å². The van der Waals surface area contributed by atoms with Crippen molar-refractivity contribution in [3.05, 3.63) is 99.6 Å². The van der Waals surface area contributed by atoms with Crippen LogP contribution in [0.15, 0.2) is 72.8 Å². The summed E-state index contributed by atoms with van der Waals surface area (Å²) in [4.78, 5) is 37.3. The predicted octanol–water partition coefficient (Wildman–Crippen LogP) is 5.19. The highest BCUT2D eigenvalue weighted by Crippen LogP contribution is 2.42. The van der Waals surface area contributed by atoms with Gasteiger partial charge in [-0.2, -0.15) is 0 Å². The van der Waals surface area contributed by atoms with Crippen molar-refractivity contribution in [2.75, 3.05) is 16.0 Å². The topological polar surface area (TPSA) is 92.6 Å². The Kier molecular flexibility index (Phi) is 6.23. The monoisotopic (exact) mass is 447 g/mol. The minimum Gasteiger partial charge on any atom is -0.322 e. The molecule has 1 N–H and O–H groups in total. The number of hydrogen-bond acceptors (Lipinski definition) is 5. The zero-order chi connectivity index (χ0) is 22.7. The highest BCUT2D eigenvalue weighted by molar-refractivity contribution is 8.00. The molecule has 3 aromatic rings. The van der Waals surface area contributed by atoms with Crippen molar-refractivity contribution in [3.8, 4) is 0 Å². The molecule has 1 aliphatic heterocycles. The number of amides is 2. The molecule has 1 unspecified atom stereocenters. The van der Waals surface area contributed by atoms with Crippen LogP contribution in [0.4, 0.5) is 17.1 Å². The van der Waals surface area contributed by atoms with Crippen LogP contribution in [0.3, 0.4) is 0 Å². The van der Waals surface area contributed by atoms with Crippen molar-refractivity contribution in [1.29, 1.82) is 0 Å². The molecule has 7 nitrogen and oxygen atoms in total. The number of carbonyl (C=O) groups is 2. The number of anilines is 2. The Hall–Kier alpha value is -3.65. The van der Waals surface area contributed by atoms with E-state index in [2.05, 4.69) is 12.2 Å². The van der Waals surface area contributed by atoms with Gasteiger partial charge in [0, 0.05) is 29.1 Å². The number of carbonyl (C=O) groups excluding carboxylic acids is 2. The van der Waals surface area contributed by atoms with E-state index in [0.717, 1.165) is 17.7 Å². The molecule has 0 spiro atoms.